The molecule has 1 fully saturated rings. The summed E-state index contributed by atoms with van der Waals surface area (Å²) in [7, 11) is 5.42. The topological polar surface area (TPSA) is 35.6 Å². The average molecular weight is 208 g/mol. The summed E-state index contributed by atoms with van der Waals surface area (Å²) in [6.45, 7) is 1.95. The minimum absolute atomic E-state index is 0. The number of nitrogens with one attached hydrogen (secondary N) is 1. The lowest BCUT2D eigenvalue weighted by Gasteiger charge is -2.26. The highest BCUT2D eigenvalue weighted by molar-refractivity contribution is 5.85. The number of carbonyl (C=O) groups is 1. The van der Waals surface area contributed by atoms with Crippen LogP contribution in [0.3, 0.4) is 0 Å². The summed E-state index contributed by atoms with van der Waals surface area (Å²) in [6, 6.07) is 0.462. The smallest absolute Gasteiger partial charge is 0.319 e. The van der Waals surface area contributed by atoms with E-state index < -0.39 is 0 Å². The van der Waals surface area contributed by atoms with Gasteiger partial charge in [-0.3, -0.25) is 0 Å². The number of likely N-dealkylation sites (N-methyl/N-ethyl adjacent to an activating group) is 1. The van der Waals surface area contributed by atoms with E-state index in [0.717, 1.165) is 19.5 Å². The Hall–Kier alpha value is -0.480. The molecule has 1 atom stereocenters. The molecule has 4 nitrogen and oxygen atoms in total. The third-order valence-electron chi connectivity index (χ3n) is 2.27. The van der Waals surface area contributed by atoms with Gasteiger partial charge >= 0.3 is 6.03 Å². The molecule has 0 aromatic rings. The van der Waals surface area contributed by atoms with Crippen molar-refractivity contribution in [1.82, 2.24) is 15.1 Å². The van der Waals surface area contributed by atoms with Gasteiger partial charge in [0, 0.05) is 33.7 Å². The zero-order valence-electron chi connectivity index (χ0n) is 8.41. The number of carbonyl (C=O) groups excluding carboxylic acids is 1. The van der Waals surface area contributed by atoms with Crippen molar-refractivity contribution in [3.8, 4) is 0 Å². The molecule has 0 radical (unpaired) electrons. The van der Waals surface area contributed by atoms with E-state index in [1.807, 2.05) is 7.05 Å². The number of amides is 2. The van der Waals surface area contributed by atoms with E-state index >= 15 is 0 Å². The first kappa shape index (κ1) is 12.5. The molecule has 0 unspecified atom stereocenters. The second-order valence-electron chi connectivity index (χ2n) is 3.43. The molecule has 0 bridgehead atoms. The molecule has 0 aromatic carbocycles. The van der Waals surface area contributed by atoms with Crippen LogP contribution in [0.2, 0.25) is 0 Å². The Morgan fingerprint density at radius 2 is 2.00 bits per heavy atom. The number of halogens is 1. The molecule has 5 heteroatoms. The van der Waals surface area contributed by atoms with Gasteiger partial charge < -0.3 is 15.1 Å². The van der Waals surface area contributed by atoms with Gasteiger partial charge in [-0.15, -0.1) is 12.4 Å². The zero-order chi connectivity index (χ0) is 9.14. The molecule has 2 amide bonds. The maximum absolute atomic E-state index is 11.5. The molecule has 78 valence electrons. The van der Waals surface area contributed by atoms with Crippen LogP contribution in [0, 0.1) is 0 Å². The lowest BCUT2D eigenvalue weighted by atomic mass is 10.2. The summed E-state index contributed by atoms with van der Waals surface area (Å²) in [4.78, 5) is 14.9. The van der Waals surface area contributed by atoms with Gasteiger partial charge in [0.2, 0.25) is 0 Å². The number of hydrogen-bond acceptors (Lipinski definition) is 2. The highest BCUT2D eigenvalue weighted by Crippen LogP contribution is 2.07. The minimum Gasteiger partial charge on any atom is -0.331 e. The summed E-state index contributed by atoms with van der Waals surface area (Å²) in [5.74, 6) is 0. The van der Waals surface area contributed by atoms with Gasteiger partial charge in [0.15, 0.2) is 0 Å². The summed E-state index contributed by atoms with van der Waals surface area (Å²) in [5, 5.41) is 3.23. The van der Waals surface area contributed by atoms with Crippen LogP contribution in [0.5, 0.6) is 0 Å². The van der Waals surface area contributed by atoms with Crippen LogP contribution in [0.4, 0.5) is 4.79 Å². The quantitative estimate of drug-likeness (QED) is 0.675. The molecule has 0 aromatic heterocycles. The van der Waals surface area contributed by atoms with Gasteiger partial charge in [0.05, 0.1) is 0 Å². The normalized spacial score (nSPS) is 20.7. The fourth-order valence-corrected chi connectivity index (χ4v) is 1.44. The van der Waals surface area contributed by atoms with Gasteiger partial charge in [-0.25, -0.2) is 4.79 Å². The molecular formula is C8H18ClN3O. The lowest BCUT2D eigenvalue weighted by molar-refractivity contribution is 0.167. The molecule has 0 spiro atoms. The first-order valence-corrected chi connectivity index (χ1v) is 4.27. The Kier molecular flexibility index (Phi) is 5.10. The molecule has 13 heavy (non-hydrogen) atoms. The zero-order valence-corrected chi connectivity index (χ0v) is 9.23. The van der Waals surface area contributed by atoms with Crippen LogP contribution >= 0.6 is 12.4 Å². The van der Waals surface area contributed by atoms with Gasteiger partial charge in [0.25, 0.3) is 0 Å². The van der Waals surface area contributed by atoms with Gasteiger partial charge in [0.1, 0.15) is 0 Å². The highest BCUT2D eigenvalue weighted by atomic mass is 35.5. The predicted molar refractivity (Wildman–Crippen MR) is 55.4 cm³/mol. The van der Waals surface area contributed by atoms with Crippen LogP contribution in [-0.4, -0.2) is 56.1 Å². The van der Waals surface area contributed by atoms with E-state index in [9.17, 15) is 4.79 Å². The fraction of sp³-hybridized carbons (Fsp3) is 0.875. The Balaban J connectivity index is 0.00000144. The standard InChI is InChI=1S/C8H17N3O.ClH/c1-10(2)8(12)11(3)7-4-5-9-6-7;/h7,9H,4-6H2,1-3H3;1H/t7-;/m0./s1. The van der Waals surface area contributed by atoms with E-state index in [-0.39, 0.29) is 18.4 Å². The SMILES string of the molecule is CN(C)C(=O)N(C)[C@H]1CCNC1.Cl. The Bertz CT molecular complexity index is 169. The number of urea groups is 1. The van der Waals surface area contributed by atoms with Crippen molar-refractivity contribution in [3.63, 3.8) is 0 Å². The van der Waals surface area contributed by atoms with Gasteiger partial charge in [-0.1, -0.05) is 0 Å². The first-order chi connectivity index (χ1) is 5.63. The van der Waals surface area contributed by atoms with Crippen molar-refractivity contribution in [3.05, 3.63) is 0 Å². The van der Waals surface area contributed by atoms with E-state index in [4.69, 9.17) is 0 Å². The molecule has 1 heterocycles. The molecule has 1 aliphatic heterocycles. The minimum atomic E-state index is 0. The molecule has 1 rings (SSSR count). The number of nitrogens with zero attached hydrogens (tertiary/aromatic N) is 2. The van der Waals surface area contributed by atoms with Crippen LogP contribution in [-0.2, 0) is 0 Å². The van der Waals surface area contributed by atoms with E-state index in [2.05, 4.69) is 5.32 Å². The number of hydrogen-bond donors (Lipinski definition) is 1. The highest BCUT2D eigenvalue weighted by Gasteiger charge is 2.23. The van der Waals surface area contributed by atoms with Crippen molar-refractivity contribution in [2.45, 2.75) is 12.5 Å². The Labute approximate surface area is 85.7 Å². The molecule has 1 aliphatic rings. The first-order valence-electron chi connectivity index (χ1n) is 4.27. The van der Waals surface area contributed by atoms with E-state index in [1.165, 1.54) is 0 Å². The van der Waals surface area contributed by atoms with Gasteiger partial charge in [-0.2, -0.15) is 0 Å². The molecule has 0 aliphatic carbocycles. The molecule has 1 saturated heterocycles. The fourth-order valence-electron chi connectivity index (χ4n) is 1.44. The molecular weight excluding hydrogens is 190 g/mol. The lowest BCUT2D eigenvalue weighted by Crippen LogP contribution is -2.43. The maximum atomic E-state index is 11.5. The third kappa shape index (κ3) is 3.04. The monoisotopic (exact) mass is 207 g/mol. The largest absolute Gasteiger partial charge is 0.331 e. The Morgan fingerprint density at radius 3 is 2.38 bits per heavy atom. The maximum Gasteiger partial charge on any atom is 0.319 e. The molecule has 0 saturated carbocycles. The van der Waals surface area contributed by atoms with Crippen LogP contribution in [0.15, 0.2) is 0 Å². The van der Waals surface area contributed by atoms with Crippen molar-refractivity contribution in [1.29, 1.82) is 0 Å². The summed E-state index contributed by atoms with van der Waals surface area (Å²) in [6.07, 6.45) is 1.07. The summed E-state index contributed by atoms with van der Waals surface area (Å²) < 4.78 is 0. The third-order valence-corrected chi connectivity index (χ3v) is 2.27. The van der Waals surface area contributed by atoms with Crippen molar-refractivity contribution in [2.75, 3.05) is 34.2 Å². The predicted octanol–water partition coefficient (Wildman–Crippen LogP) is 0.384. The van der Waals surface area contributed by atoms with Crippen molar-refractivity contribution in [2.24, 2.45) is 0 Å². The Morgan fingerprint density at radius 1 is 1.38 bits per heavy atom. The van der Waals surface area contributed by atoms with Crippen LogP contribution in [0.1, 0.15) is 6.42 Å². The van der Waals surface area contributed by atoms with Crippen LogP contribution in [0.25, 0.3) is 0 Å². The summed E-state index contributed by atoms with van der Waals surface area (Å²) >= 11 is 0. The average Bonchev–Trinajstić information content (AvgIpc) is 2.53. The van der Waals surface area contributed by atoms with E-state index in [1.54, 1.807) is 23.9 Å². The second kappa shape index (κ2) is 5.29. The summed E-state index contributed by atoms with van der Waals surface area (Å²) in [5.41, 5.74) is 0. The van der Waals surface area contributed by atoms with Gasteiger partial charge in [-0.05, 0) is 13.0 Å². The second-order valence-corrected chi connectivity index (χ2v) is 3.43. The van der Waals surface area contributed by atoms with Crippen molar-refractivity contribution >= 4 is 18.4 Å². The van der Waals surface area contributed by atoms with Crippen molar-refractivity contribution < 1.29 is 4.79 Å². The van der Waals surface area contributed by atoms with Crippen LogP contribution < -0.4 is 5.32 Å². The molecule has 1 N–H and O–H groups in total. The number of rotatable bonds is 1. The van der Waals surface area contributed by atoms with E-state index in [0.29, 0.717) is 6.04 Å².